The highest BCUT2D eigenvalue weighted by Crippen LogP contribution is 1.83. The summed E-state index contributed by atoms with van der Waals surface area (Å²) in [6.07, 6.45) is 0.253. The molecule has 0 saturated carbocycles. The van der Waals surface area contributed by atoms with Crippen molar-refractivity contribution >= 4 is 0 Å². The Morgan fingerprint density at radius 1 is 1.62 bits per heavy atom. The molecule has 3 nitrogen and oxygen atoms in total. The Balaban J connectivity index is 2.72. The van der Waals surface area contributed by atoms with Crippen LogP contribution >= 0.6 is 0 Å². The maximum atomic E-state index is 8.05. The largest absolute Gasteiger partial charge is 0.377 e. The van der Waals surface area contributed by atoms with Crippen LogP contribution in [-0.4, -0.2) is 24.5 Å². The molecule has 8 heavy (non-hydrogen) atoms. The van der Waals surface area contributed by atoms with Crippen LogP contribution in [0.4, 0.5) is 0 Å². The molecule has 0 spiro atoms. The number of ether oxygens (including phenoxy) is 1. The van der Waals surface area contributed by atoms with E-state index in [1.54, 1.807) is 0 Å². The first-order valence-electron chi connectivity index (χ1n) is 2.76. The zero-order valence-electron chi connectivity index (χ0n) is 5.35. The zero-order valence-corrected chi connectivity index (χ0v) is 5.35. The van der Waals surface area contributed by atoms with Gasteiger partial charge in [-0.15, -0.1) is 0 Å². The molecule has 0 saturated heterocycles. The molecule has 0 atom stereocenters. The van der Waals surface area contributed by atoms with Gasteiger partial charge in [-0.1, -0.05) is 0 Å². The summed E-state index contributed by atoms with van der Waals surface area (Å²) in [6.45, 7) is 4.97. The summed E-state index contributed by atoms with van der Waals surface area (Å²) in [7, 11) is 0. The van der Waals surface area contributed by atoms with E-state index in [1.807, 2.05) is 19.3 Å². The zero-order chi connectivity index (χ0) is 6.41. The van der Waals surface area contributed by atoms with E-state index in [1.165, 1.54) is 0 Å². The molecule has 0 unspecified atom stereocenters. The molecule has 0 aliphatic rings. The van der Waals surface area contributed by atoms with Gasteiger partial charge in [0.2, 0.25) is 0 Å². The van der Waals surface area contributed by atoms with Crippen molar-refractivity contribution in [1.82, 2.24) is 5.48 Å². The summed E-state index contributed by atoms with van der Waals surface area (Å²) in [5, 5.41) is 8.05. The summed E-state index contributed by atoms with van der Waals surface area (Å²) in [6, 6.07) is 0. The fourth-order valence-electron chi connectivity index (χ4n) is 0.340. The minimum atomic E-state index is 0.253. The molecule has 0 aromatic heterocycles. The van der Waals surface area contributed by atoms with Crippen LogP contribution in [0.1, 0.15) is 13.8 Å². The summed E-state index contributed by atoms with van der Waals surface area (Å²) in [5.41, 5.74) is 2.00. The van der Waals surface area contributed by atoms with Crippen LogP contribution in [0, 0.1) is 0 Å². The van der Waals surface area contributed by atoms with Gasteiger partial charge in [0, 0.05) is 6.54 Å². The Morgan fingerprint density at radius 2 is 2.25 bits per heavy atom. The number of hydroxylamine groups is 1. The van der Waals surface area contributed by atoms with Crippen LogP contribution in [0.25, 0.3) is 0 Å². The number of rotatable bonds is 4. The first kappa shape index (κ1) is 7.88. The molecule has 0 aliphatic heterocycles. The van der Waals surface area contributed by atoms with Crippen LogP contribution in [0.5, 0.6) is 0 Å². The SMILES string of the molecule is CC(C)OCCNO. The van der Waals surface area contributed by atoms with Crippen molar-refractivity contribution < 1.29 is 9.94 Å². The highest BCUT2D eigenvalue weighted by atomic mass is 16.5. The molecule has 3 heteroatoms. The lowest BCUT2D eigenvalue weighted by Gasteiger charge is -2.04. The average Bonchev–Trinajstić information content (AvgIpc) is 1.66. The highest BCUT2D eigenvalue weighted by molar-refractivity contribution is 4.36. The van der Waals surface area contributed by atoms with E-state index in [9.17, 15) is 0 Å². The Labute approximate surface area is 49.6 Å². The number of hydrogen-bond acceptors (Lipinski definition) is 3. The maximum Gasteiger partial charge on any atom is 0.0617 e. The van der Waals surface area contributed by atoms with E-state index in [0.717, 1.165) is 0 Å². The first-order chi connectivity index (χ1) is 3.77. The van der Waals surface area contributed by atoms with Gasteiger partial charge >= 0.3 is 0 Å². The molecular weight excluding hydrogens is 106 g/mol. The molecule has 0 aromatic rings. The predicted octanol–water partition coefficient (Wildman–Crippen LogP) is 0.390. The van der Waals surface area contributed by atoms with Crippen LogP contribution < -0.4 is 5.48 Å². The second-order valence-corrected chi connectivity index (χ2v) is 1.83. The van der Waals surface area contributed by atoms with Gasteiger partial charge in [-0.25, -0.2) is 5.48 Å². The second-order valence-electron chi connectivity index (χ2n) is 1.83. The predicted molar refractivity (Wildman–Crippen MR) is 30.9 cm³/mol. The van der Waals surface area contributed by atoms with Crippen molar-refractivity contribution in [3.63, 3.8) is 0 Å². The lowest BCUT2D eigenvalue weighted by atomic mass is 10.5. The summed E-state index contributed by atoms with van der Waals surface area (Å²) < 4.78 is 5.06. The van der Waals surface area contributed by atoms with Gasteiger partial charge in [0.05, 0.1) is 12.7 Å². The third-order valence-electron chi connectivity index (χ3n) is 0.665. The van der Waals surface area contributed by atoms with E-state index in [0.29, 0.717) is 13.2 Å². The quantitative estimate of drug-likeness (QED) is 0.415. The minimum absolute atomic E-state index is 0.253. The van der Waals surface area contributed by atoms with Crippen LogP contribution in [0.3, 0.4) is 0 Å². The molecule has 0 bridgehead atoms. The van der Waals surface area contributed by atoms with Gasteiger partial charge in [-0.05, 0) is 13.8 Å². The van der Waals surface area contributed by atoms with Crippen molar-refractivity contribution in [2.24, 2.45) is 0 Å². The molecule has 50 valence electrons. The number of hydrogen-bond donors (Lipinski definition) is 2. The van der Waals surface area contributed by atoms with Gasteiger partial charge in [0.25, 0.3) is 0 Å². The monoisotopic (exact) mass is 119 g/mol. The van der Waals surface area contributed by atoms with Gasteiger partial charge in [0.15, 0.2) is 0 Å². The van der Waals surface area contributed by atoms with Crippen molar-refractivity contribution in [3.05, 3.63) is 0 Å². The van der Waals surface area contributed by atoms with Crippen molar-refractivity contribution in [3.8, 4) is 0 Å². The van der Waals surface area contributed by atoms with Crippen molar-refractivity contribution in [2.75, 3.05) is 13.2 Å². The summed E-state index contributed by atoms with van der Waals surface area (Å²) >= 11 is 0. The van der Waals surface area contributed by atoms with E-state index in [-0.39, 0.29) is 6.10 Å². The molecule has 0 amide bonds. The van der Waals surface area contributed by atoms with Crippen molar-refractivity contribution in [2.45, 2.75) is 20.0 Å². The van der Waals surface area contributed by atoms with Crippen molar-refractivity contribution in [1.29, 1.82) is 0 Å². The number of nitrogens with one attached hydrogen (secondary N) is 1. The third kappa shape index (κ3) is 5.88. The Bertz CT molecular complexity index is 47.7. The molecular formula is C5H13NO2. The Hall–Kier alpha value is -0.120. The molecule has 0 radical (unpaired) electrons. The van der Waals surface area contributed by atoms with Gasteiger partial charge < -0.3 is 9.94 Å². The fraction of sp³-hybridized carbons (Fsp3) is 1.00. The summed E-state index contributed by atoms with van der Waals surface area (Å²) in [5.74, 6) is 0. The Morgan fingerprint density at radius 3 is 2.62 bits per heavy atom. The Kier molecular flexibility index (Phi) is 4.95. The fourth-order valence-corrected chi connectivity index (χ4v) is 0.340. The minimum Gasteiger partial charge on any atom is -0.377 e. The van der Waals surface area contributed by atoms with Gasteiger partial charge in [-0.3, -0.25) is 0 Å². The summed E-state index contributed by atoms with van der Waals surface area (Å²) in [4.78, 5) is 0. The molecule has 0 aliphatic carbocycles. The van der Waals surface area contributed by atoms with Crippen LogP contribution in [-0.2, 0) is 4.74 Å². The average molecular weight is 119 g/mol. The van der Waals surface area contributed by atoms with Crippen LogP contribution in [0.2, 0.25) is 0 Å². The van der Waals surface area contributed by atoms with E-state index >= 15 is 0 Å². The lowest BCUT2D eigenvalue weighted by Crippen LogP contribution is -2.17. The molecule has 0 rings (SSSR count). The van der Waals surface area contributed by atoms with Gasteiger partial charge in [-0.2, -0.15) is 0 Å². The normalized spacial score (nSPS) is 10.5. The smallest absolute Gasteiger partial charge is 0.0617 e. The topological polar surface area (TPSA) is 41.5 Å². The standard InChI is InChI=1S/C5H13NO2/c1-5(2)8-4-3-6-7/h5-7H,3-4H2,1-2H3. The highest BCUT2D eigenvalue weighted by Gasteiger charge is 1.89. The molecule has 0 heterocycles. The second kappa shape index (κ2) is 5.03. The first-order valence-corrected chi connectivity index (χ1v) is 2.76. The van der Waals surface area contributed by atoms with Crippen LogP contribution in [0.15, 0.2) is 0 Å². The molecule has 2 N–H and O–H groups in total. The third-order valence-corrected chi connectivity index (χ3v) is 0.665. The molecule has 0 aromatic carbocycles. The van der Waals surface area contributed by atoms with E-state index in [4.69, 9.17) is 9.94 Å². The van der Waals surface area contributed by atoms with E-state index < -0.39 is 0 Å². The maximum absolute atomic E-state index is 8.05. The molecule has 0 fully saturated rings. The van der Waals surface area contributed by atoms with E-state index in [2.05, 4.69) is 0 Å². The lowest BCUT2D eigenvalue weighted by molar-refractivity contribution is 0.0546. The van der Waals surface area contributed by atoms with Gasteiger partial charge in [0.1, 0.15) is 0 Å².